The number of hydrogen-bond donors (Lipinski definition) is 0. The second-order valence-electron chi connectivity index (χ2n) is 6.43. The Kier molecular flexibility index (Phi) is 10.5. The highest BCUT2D eigenvalue weighted by atomic mass is 35.5. The Morgan fingerprint density at radius 1 is 1.15 bits per heavy atom. The van der Waals surface area contributed by atoms with Gasteiger partial charge in [-0.3, -0.25) is 0 Å². The molecule has 0 unspecified atom stereocenters. The summed E-state index contributed by atoms with van der Waals surface area (Å²) in [5.41, 5.74) is 3.12. The number of hydrogen-bond acceptors (Lipinski definition) is 4. The summed E-state index contributed by atoms with van der Waals surface area (Å²) >= 11 is 11.3. The van der Waals surface area contributed by atoms with Crippen molar-refractivity contribution >= 4 is 28.9 Å². The number of ether oxygens (including phenoxy) is 2. The summed E-state index contributed by atoms with van der Waals surface area (Å²) in [5, 5.41) is 3.92. The van der Waals surface area contributed by atoms with Crippen LogP contribution >= 0.6 is 23.2 Å². The number of halogens is 2. The minimum Gasteiger partial charge on any atom is -0.489 e. The third kappa shape index (κ3) is 8.33. The smallest absolute Gasteiger partial charge is 0.151 e. The summed E-state index contributed by atoms with van der Waals surface area (Å²) in [5.74, 6) is 2.01. The maximum atomic E-state index is 6.06. The molecule has 0 radical (unpaired) electrons. The monoisotopic (exact) mass is 401 g/mol. The van der Waals surface area contributed by atoms with E-state index >= 15 is 0 Å². The molecule has 0 bridgehead atoms. The van der Waals surface area contributed by atoms with Crippen molar-refractivity contribution in [1.29, 1.82) is 0 Å². The number of benzene rings is 1. The molecule has 0 saturated heterocycles. The lowest BCUT2D eigenvalue weighted by atomic mass is 9.96. The number of aryl methyl sites for hydroxylation is 1. The van der Waals surface area contributed by atoms with Crippen LogP contribution in [0.3, 0.4) is 0 Å². The van der Waals surface area contributed by atoms with Crippen molar-refractivity contribution in [3.8, 4) is 11.5 Å². The molecule has 0 fully saturated rings. The lowest BCUT2D eigenvalue weighted by Crippen LogP contribution is -2.09. The molecule has 0 aromatic heterocycles. The quantitative estimate of drug-likeness (QED) is 0.249. The topological polar surface area (TPSA) is 40.0 Å². The average molecular weight is 402 g/mol. The van der Waals surface area contributed by atoms with E-state index in [0.29, 0.717) is 25.7 Å². The van der Waals surface area contributed by atoms with Crippen molar-refractivity contribution in [2.75, 3.05) is 19.8 Å². The molecule has 6 heteroatoms. The van der Waals surface area contributed by atoms with Gasteiger partial charge in [-0.1, -0.05) is 55.5 Å². The van der Waals surface area contributed by atoms with Gasteiger partial charge in [0.05, 0.1) is 5.71 Å². The maximum absolute atomic E-state index is 6.06. The summed E-state index contributed by atoms with van der Waals surface area (Å²) < 4.78 is 12.0. The van der Waals surface area contributed by atoms with Gasteiger partial charge in [-0.15, -0.1) is 0 Å². The van der Waals surface area contributed by atoms with Crippen molar-refractivity contribution < 1.29 is 14.3 Å². The zero-order valence-electron chi connectivity index (χ0n) is 16.3. The first-order valence-electron chi connectivity index (χ1n) is 8.91. The summed E-state index contributed by atoms with van der Waals surface area (Å²) in [6.45, 7) is 11.4. The minimum absolute atomic E-state index is 0.202. The van der Waals surface area contributed by atoms with Crippen LogP contribution in [0.1, 0.15) is 58.1 Å². The predicted octanol–water partition coefficient (Wildman–Crippen LogP) is 6.25. The molecular formula is C20H29Cl2NO3. The van der Waals surface area contributed by atoms with E-state index in [-0.39, 0.29) is 4.49 Å². The normalized spacial score (nSPS) is 10.5. The maximum Gasteiger partial charge on any atom is 0.151 e. The van der Waals surface area contributed by atoms with Gasteiger partial charge >= 0.3 is 0 Å². The van der Waals surface area contributed by atoms with Crippen LogP contribution in [0.5, 0.6) is 11.5 Å². The van der Waals surface area contributed by atoms with Crippen LogP contribution in [0, 0.1) is 0 Å². The van der Waals surface area contributed by atoms with Crippen molar-refractivity contribution in [2.45, 2.75) is 53.4 Å². The van der Waals surface area contributed by atoms with E-state index in [2.05, 4.69) is 25.9 Å². The summed E-state index contributed by atoms with van der Waals surface area (Å²) in [6.07, 6.45) is 3.54. The molecule has 0 N–H and O–H groups in total. The van der Waals surface area contributed by atoms with Gasteiger partial charge in [-0.25, -0.2) is 0 Å². The lowest BCUT2D eigenvalue weighted by Gasteiger charge is -2.20. The Labute approximate surface area is 167 Å². The van der Waals surface area contributed by atoms with E-state index in [4.69, 9.17) is 37.5 Å². The fourth-order valence-electron chi connectivity index (χ4n) is 2.38. The van der Waals surface area contributed by atoms with Gasteiger partial charge in [0.1, 0.15) is 29.2 Å². The van der Waals surface area contributed by atoms with Crippen LogP contribution in [0.4, 0.5) is 0 Å². The molecule has 0 aliphatic rings. The van der Waals surface area contributed by atoms with Gasteiger partial charge in [0.15, 0.2) is 6.61 Å². The third-order valence-electron chi connectivity index (χ3n) is 3.47. The molecule has 0 atom stereocenters. The molecule has 0 heterocycles. The highest BCUT2D eigenvalue weighted by Gasteiger charge is 2.15. The van der Waals surface area contributed by atoms with Crippen LogP contribution in [0.15, 0.2) is 27.9 Å². The molecule has 0 spiro atoms. The summed E-state index contributed by atoms with van der Waals surface area (Å²) in [4.78, 5) is 5.22. The molecule has 1 aromatic carbocycles. The summed E-state index contributed by atoms with van der Waals surface area (Å²) in [7, 11) is 0. The van der Waals surface area contributed by atoms with Crippen LogP contribution in [0.25, 0.3) is 0 Å². The summed E-state index contributed by atoms with van der Waals surface area (Å²) in [6, 6.07) is 4.04. The van der Waals surface area contributed by atoms with Crippen LogP contribution in [0.2, 0.25) is 0 Å². The highest BCUT2D eigenvalue weighted by molar-refractivity contribution is 6.55. The lowest BCUT2D eigenvalue weighted by molar-refractivity contribution is 0.106. The molecule has 0 saturated carbocycles. The Hall–Kier alpha value is -1.39. The molecule has 146 valence electrons. The first-order chi connectivity index (χ1) is 12.3. The zero-order chi connectivity index (χ0) is 19.5. The molecule has 26 heavy (non-hydrogen) atoms. The number of oxime groups is 1. The molecule has 1 aromatic rings. The second kappa shape index (κ2) is 12.1. The van der Waals surface area contributed by atoms with E-state index in [1.165, 1.54) is 0 Å². The van der Waals surface area contributed by atoms with Gasteiger partial charge in [-0.05, 0) is 50.0 Å². The first-order valence-corrected chi connectivity index (χ1v) is 9.67. The van der Waals surface area contributed by atoms with Crippen LogP contribution in [-0.4, -0.2) is 25.5 Å². The van der Waals surface area contributed by atoms with E-state index in [1.54, 1.807) is 6.08 Å². The van der Waals surface area contributed by atoms with Crippen molar-refractivity contribution in [1.82, 2.24) is 0 Å². The van der Waals surface area contributed by atoms with Crippen LogP contribution in [-0.2, 0) is 11.3 Å². The standard InChI is InChI=1S/C20H29Cl2NO3/c1-6-7-16-12-17(24-9-8-19(21)22)13-18(14(2)3)20(16)25-10-11-26-23-15(4)5/h8,12-14H,6-7,9-11H2,1-5H3. The van der Waals surface area contributed by atoms with Crippen molar-refractivity contribution in [2.24, 2.45) is 5.16 Å². The molecule has 0 aliphatic heterocycles. The van der Waals surface area contributed by atoms with Crippen molar-refractivity contribution in [3.63, 3.8) is 0 Å². The van der Waals surface area contributed by atoms with Crippen LogP contribution < -0.4 is 9.47 Å². The number of nitrogens with zero attached hydrogens (tertiary/aromatic N) is 1. The fraction of sp³-hybridized carbons (Fsp3) is 0.550. The van der Waals surface area contributed by atoms with E-state index < -0.39 is 0 Å². The Balaban J connectivity index is 2.97. The second-order valence-corrected chi connectivity index (χ2v) is 7.44. The largest absolute Gasteiger partial charge is 0.489 e. The molecule has 4 nitrogen and oxygen atoms in total. The zero-order valence-corrected chi connectivity index (χ0v) is 17.8. The van der Waals surface area contributed by atoms with Gasteiger partial charge in [0, 0.05) is 5.56 Å². The van der Waals surface area contributed by atoms with E-state index in [1.807, 2.05) is 26.0 Å². The fourth-order valence-corrected chi connectivity index (χ4v) is 2.51. The molecule has 1 rings (SSSR count). The third-order valence-corrected chi connectivity index (χ3v) is 3.77. The Morgan fingerprint density at radius 3 is 2.46 bits per heavy atom. The molecule has 0 amide bonds. The SMILES string of the molecule is CCCc1cc(OCC=C(Cl)Cl)cc(C(C)C)c1OCCON=C(C)C. The highest BCUT2D eigenvalue weighted by Crippen LogP contribution is 2.35. The minimum atomic E-state index is 0.202. The Bertz CT molecular complexity index is 620. The van der Waals surface area contributed by atoms with Crippen molar-refractivity contribution in [3.05, 3.63) is 33.8 Å². The molecule has 0 aliphatic carbocycles. The van der Waals surface area contributed by atoms with Gasteiger partial charge in [-0.2, -0.15) is 0 Å². The first kappa shape index (κ1) is 22.7. The van der Waals surface area contributed by atoms with E-state index in [9.17, 15) is 0 Å². The van der Waals surface area contributed by atoms with Gasteiger partial charge in [0.25, 0.3) is 0 Å². The average Bonchev–Trinajstić information content (AvgIpc) is 2.55. The number of rotatable bonds is 11. The van der Waals surface area contributed by atoms with Gasteiger partial charge in [0.2, 0.25) is 0 Å². The Morgan fingerprint density at radius 2 is 1.88 bits per heavy atom. The predicted molar refractivity (Wildman–Crippen MR) is 110 cm³/mol. The van der Waals surface area contributed by atoms with E-state index in [0.717, 1.165) is 41.2 Å². The molecular weight excluding hydrogens is 373 g/mol. The van der Waals surface area contributed by atoms with Gasteiger partial charge < -0.3 is 14.3 Å².